The van der Waals surface area contributed by atoms with Crippen LogP contribution in [0.3, 0.4) is 0 Å². The minimum atomic E-state index is -4.33. The number of rotatable bonds is 3. The fourth-order valence-corrected chi connectivity index (χ4v) is 3.19. The summed E-state index contributed by atoms with van der Waals surface area (Å²) in [5.41, 5.74) is -0.700. The number of pyridine rings is 1. The van der Waals surface area contributed by atoms with Gasteiger partial charge in [0.1, 0.15) is 5.82 Å². The van der Waals surface area contributed by atoms with Crippen molar-refractivity contribution in [1.29, 1.82) is 0 Å². The van der Waals surface area contributed by atoms with Crippen LogP contribution in [0, 0.1) is 0 Å². The maximum Gasteiger partial charge on any atom is 0.417 e. The number of aromatic nitrogens is 1. The number of hydrogen-bond donors (Lipinski definition) is 0. The van der Waals surface area contributed by atoms with Gasteiger partial charge in [-0.1, -0.05) is 18.9 Å². The van der Waals surface area contributed by atoms with E-state index in [-0.39, 0.29) is 6.04 Å². The number of halogens is 3. The van der Waals surface area contributed by atoms with Gasteiger partial charge in [-0.25, -0.2) is 9.29 Å². The van der Waals surface area contributed by atoms with E-state index in [9.17, 15) is 13.2 Å². The van der Waals surface area contributed by atoms with Crippen LogP contribution >= 0.6 is 11.9 Å². The Morgan fingerprint density at radius 3 is 2.60 bits per heavy atom. The summed E-state index contributed by atoms with van der Waals surface area (Å²) in [6, 6.07) is 2.80. The highest BCUT2D eigenvalue weighted by Gasteiger charge is 2.31. The summed E-state index contributed by atoms with van der Waals surface area (Å²) in [6.45, 7) is 6.75. The quantitative estimate of drug-likeness (QED) is 0.798. The normalized spacial score (nSPS) is 21.2. The number of alkyl halides is 3. The molecular weight excluding hydrogens is 287 g/mol. The Morgan fingerprint density at radius 1 is 1.35 bits per heavy atom. The van der Waals surface area contributed by atoms with Crippen LogP contribution in [0.5, 0.6) is 0 Å². The molecule has 1 aromatic rings. The second-order valence-corrected chi connectivity index (χ2v) is 6.10. The molecule has 1 saturated heterocycles. The van der Waals surface area contributed by atoms with E-state index in [1.165, 1.54) is 6.07 Å². The number of hydrogen-bond acceptors (Lipinski definition) is 4. The summed E-state index contributed by atoms with van der Waals surface area (Å²) in [5, 5.41) is 0. The largest absolute Gasteiger partial charge is 0.417 e. The molecule has 20 heavy (non-hydrogen) atoms. The monoisotopic (exact) mass is 305 g/mol. The molecule has 1 fully saturated rings. The first-order chi connectivity index (χ1) is 9.41. The lowest BCUT2D eigenvalue weighted by Gasteiger charge is -2.39. The van der Waals surface area contributed by atoms with Crippen molar-refractivity contribution in [2.45, 2.75) is 26.1 Å². The third kappa shape index (κ3) is 3.58. The predicted molar refractivity (Wildman–Crippen MR) is 75.8 cm³/mol. The second kappa shape index (κ2) is 6.22. The molecule has 0 N–H and O–H groups in total. The Balaban J connectivity index is 2.05. The van der Waals surface area contributed by atoms with Gasteiger partial charge in [-0.2, -0.15) is 13.2 Å². The van der Waals surface area contributed by atoms with Crippen LogP contribution in [0.1, 0.15) is 19.4 Å². The van der Waals surface area contributed by atoms with E-state index in [0.717, 1.165) is 37.7 Å². The van der Waals surface area contributed by atoms with E-state index in [0.29, 0.717) is 5.82 Å². The molecule has 0 saturated carbocycles. The zero-order chi connectivity index (χ0) is 14.8. The molecule has 0 aromatic carbocycles. The topological polar surface area (TPSA) is 19.4 Å². The molecule has 0 spiro atoms. The average Bonchev–Trinajstić information content (AvgIpc) is 2.38. The average molecular weight is 305 g/mol. The van der Waals surface area contributed by atoms with Crippen LogP contribution in [-0.2, 0) is 6.18 Å². The maximum atomic E-state index is 12.5. The van der Waals surface area contributed by atoms with E-state index < -0.39 is 11.7 Å². The molecule has 0 amide bonds. The number of piperazine rings is 1. The summed E-state index contributed by atoms with van der Waals surface area (Å²) >= 11 is 1.80. The minimum Gasteiger partial charge on any atom is -0.351 e. The zero-order valence-electron chi connectivity index (χ0n) is 11.5. The Bertz CT molecular complexity index is 435. The van der Waals surface area contributed by atoms with Gasteiger partial charge >= 0.3 is 6.18 Å². The van der Waals surface area contributed by atoms with E-state index in [4.69, 9.17) is 0 Å². The van der Waals surface area contributed by atoms with Gasteiger partial charge < -0.3 is 4.90 Å². The van der Waals surface area contributed by atoms with Crippen LogP contribution in [0.2, 0.25) is 0 Å². The van der Waals surface area contributed by atoms with E-state index >= 15 is 0 Å². The van der Waals surface area contributed by atoms with Crippen LogP contribution in [-0.4, -0.2) is 40.7 Å². The Kier molecular flexibility index (Phi) is 4.80. The van der Waals surface area contributed by atoms with E-state index in [1.807, 2.05) is 0 Å². The molecule has 0 aliphatic carbocycles. The molecule has 1 aliphatic rings. The summed E-state index contributed by atoms with van der Waals surface area (Å²) in [7, 11) is 0. The summed E-state index contributed by atoms with van der Waals surface area (Å²) < 4.78 is 39.8. The van der Waals surface area contributed by atoms with Gasteiger partial charge in [-0.05, 0) is 19.1 Å². The highest BCUT2D eigenvalue weighted by molar-refractivity contribution is 7.96. The molecule has 1 atom stereocenters. The van der Waals surface area contributed by atoms with Gasteiger partial charge in [0, 0.05) is 37.6 Å². The van der Waals surface area contributed by atoms with Gasteiger partial charge in [-0.15, -0.1) is 0 Å². The van der Waals surface area contributed by atoms with Crippen molar-refractivity contribution < 1.29 is 13.2 Å². The lowest BCUT2D eigenvalue weighted by atomic mass is 10.2. The lowest BCUT2D eigenvalue weighted by molar-refractivity contribution is -0.137. The highest BCUT2D eigenvalue weighted by Crippen LogP contribution is 2.30. The van der Waals surface area contributed by atoms with Gasteiger partial charge in [0.15, 0.2) is 0 Å². The SMILES string of the molecule is CCSN1CCN(c2ccc(C(F)(F)F)cn2)C(C)C1. The smallest absolute Gasteiger partial charge is 0.351 e. The Hall–Kier alpha value is -0.950. The van der Waals surface area contributed by atoms with Crippen molar-refractivity contribution >= 4 is 17.8 Å². The molecule has 7 heteroatoms. The van der Waals surface area contributed by atoms with Crippen LogP contribution < -0.4 is 4.90 Å². The van der Waals surface area contributed by atoms with Gasteiger partial charge in [0.25, 0.3) is 0 Å². The van der Waals surface area contributed by atoms with Crippen LogP contribution in [0.15, 0.2) is 18.3 Å². The molecule has 1 unspecified atom stereocenters. The second-order valence-electron chi connectivity index (χ2n) is 4.75. The summed E-state index contributed by atoms with van der Waals surface area (Å²) in [5.74, 6) is 1.65. The molecule has 2 rings (SSSR count). The first kappa shape index (κ1) is 15.4. The van der Waals surface area contributed by atoms with Crippen molar-refractivity contribution in [2.24, 2.45) is 0 Å². The fraction of sp³-hybridized carbons (Fsp3) is 0.615. The maximum absolute atomic E-state index is 12.5. The standard InChI is InChI=1S/C13H18F3N3S/c1-3-20-18-6-7-19(10(2)9-18)12-5-4-11(8-17-12)13(14,15)16/h4-5,8,10H,3,6-7,9H2,1-2H3. The Labute approximate surface area is 121 Å². The van der Waals surface area contributed by atoms with Crippen molar-refractivity contribution in [2.75, 3.05) is 30.3 Å². The van der Waals surface area contributed by atoms with E-state index in [1.54, 1.807) is 11.9 Å². The zero-order valence-corrected chi connectivity index (χ0v) is 12.3. The van der Waals surface area contributed by atoms with E-state index in [2.05, 4.69) is 28.0 Å². The van der Waals surface area contributed by atoms with Crippen LogP contribution in [0.25, 0.3) is 0 Å². The first-order valence-corrected chi connectivity index (χ1v) is 7.54. The molecular formula is C13H18F3N3S. The summed E-state index contributed by atoms with van der Waals surface area (Å²) in [6.07, 6.45) is -3.41. The molecule has 3 nitrogen and oxygen atoms in total. The van der Waals surface area contributed by atoms with Crippen LogP contribution in [0.4, 0.5) is 19.0 Å². The summed E-state index contributed by atoms with van der Waals surface area (Å²) in [4.78, 5) is 6.03. The van der Waals surface area contributed by atoms with Crippen molar-refractivity contribution in [1.82, 2.24) is 9.29 Å². The van der Waals surface area contributed by atoms with Gasteiger partial charge in [0.05, 0.1) is 5.56 Å². The first-order valence-electron chi connectivity index (χ1n) is 6.59. The third-order valence-corrected chi connectivity index (χ3v) is 4.23. The molecule has 1 aromatic heterocycles. The highest BCUT2D eigenvalue weighted by atomic mass is 32.2. The van der Waals surface area contributed by atoms with Crippen molar-refractivity contribution in [3.05, 3.63) is 23.9 Å². The number of nitrogens with zero attached hydrogens (tertiary/aromatic N) is 3. The van der Waals surface area contributed by atoms with Gasteiger partial charge in [0.2, 0.25) is 0 Å². The third-order valence-electron chi connectivity index (χ3n) is 3.27. The fourth-order valence-electron chi connectivity index (χ4n) is 2.29. The Morgan fingerprint density at radius 2 is 2.10 bits per heavy atom. The molecule has 0 radical (unpaired) electrons. The molecule has 2 heterocycles. The van der Waals surface area contributed by atoms with Crippen molar-refractivity contribution in [3.8, 4) is 0 Å². The predicted octanol–water partition coefficient (Wildman–Crippen LogP) is 3.28. The van der Waals surface area contributed by atoms with Gasteiger partial charge in [-0.3, -0.25) is 0 Å². The molecule has 0 bridgehead atoms. The van der Waals surface area contributed by atoms with Crippen molar-refractivity contribution in [3.63, 3.8) is 0 Å². The minimum absolute atomic E-state index is 0.243. The molecule has 1 aliphatic heterocycles. The lowest BCUT2D eigenvalue weighted by Crippen LogP contribution is -2.50. The molecule has 112 valence electrons. The number of anilines is 1.